The summed E-state index contributed by atoms with van der Waals surface area (Å²) in [6, 6.07) is -0.309. The molecule has 0 heterocycles. The normalized spacial score (nSPS) is 12.6. The lowest BCUT2D eigenvalue weighted by Gasteiger charge is -2.17. The first-order valence-corrected chi connectivity index (χ1v) is 9.11. The maximum Gasteiger partial charge on any atom is 0.303 e. The summed E-state index contributed by atoms with van der Waals surface area (Å²) in [5, 5.41) is 10.6. The fourth-order valence-corrected chi connectivity index (χ4v) is 2.55. The molecule has 132 valence electrons. The van der Waals surface area contributed by atoms with Crippen LogP contribution in [0, 0.1) is 0 Å². The molecule has 0 aliphatic heterocycles. The minimum Gasteiger partial charge on any atom is -0.347 e. The molecule has 0 aromatic heterocycles. The van der Waals surface area contributed by atoms with Gasteiger partial charge in [-0.1, -0.05) is 51.9 Å². The number of nitrogens with one attached hydrogen (secondary N) is 1. The van der Waals surface area contributed by atoms with Gasteiger partial charge in [0.15, 0.2) is 6.04 Å². The molecule has 1 amide bonds. The molecule has 5 nitrogen and oxygen atoms in total. The van der Waals surface area contributed by atoms with E-state index in [0.717, 1.165) is 30.9 Å². The zero-order valence-electron chi connectivity index (χ0n) is 15.1. The summed E-state index contributed by atoms with van der Waals surface area (Å²) in [6.45, 7) is 3.59. The lowest BCUT2D eigenvalue weighted by molar-refractivity contribution is -0.858. The van der Waals surface area contributed by atoms with Gasteiger partial charge in [0.1, 0.15) is 0 Å². The Morgan fingerprint density at radius 2 is 1.59 bits per heavy atom. The average Bonchev–Trinajstić information content (AvgIpc) is 2.48. The third kappa shape index (κ3) is 12.0. The minimum atomic E-state index is -0.309. The van der Waals surface area contributed by atoms with Crippen LogP contribution in [-0.2, 0) is 4.79 Å². The molecule has 0 rings (SSSR count). The smallest absolute Gasteiger partial charge is 0.303 e. The second-order valence-corrected chi connectivity index (χ2v) is 6.73. The van der Waals surface area contributed by atoms with Gasteiger partial charge in [0, 0.05) is 12.8 Å². The lowest BCUT2D eigenvalue weighted by atomic mass is 10.0. The zero-order chi connectivity index (χ0) is 16.8. The standard InChI is InChI=1S/C17H37N3O2/c1-4-5-6-7-8-9-10-11-13-16(18)17(21)20(22)15-12-14-19(2)3/h16,22H,4-15,18H2,1-3H3/p+2. The van der Waals surface area contributed by atoms with E-state index in [-0.39, 0.29) is 11.9 Å². The van der Waals surface area contributed by atoms with Gasteiger partial charge < -0.3 is 10.6 Å². The molecule has 22 heavy (non-hydrogen) atoms. The van der Waals surface area contributed by atoms with Gasteiger partial charge in [-0.15, -0.1) is 0 Å². The summed E-state index contributed by atoms with van der Waals surface area (Å²) in [6.07, 6.45) is 11.7. The van der Waals surface area contributed by atoms with E-state index >= 15 is 0 Å². The van der Waals surface area contributed by atoms with Crippen molar-refractivity contribution in [1.29, 1.82) is 0 Å². The van der Waals surface area contributed by atoms with Crippen LogP contribution in [-0.4, -0.2) is 49.4 Å². The molecule has 1 unspecified atom stereocenters. The van der Waals surface area contributed by atoms with E-state index in [2.05, 4.69) is 26.8 Å². The highest BCUT2D eigenvalue weighted by Crippen LogP contribution is 2.10. The van der Waals surface area contributed by atoms with Crippen molar-refractivity contribution in [2.45, 2.75) is 77.2 Å². The van der Waals surface area contributed by atoms with Crippen molar-refractivity contribution in [3.8, 4) is 0 Å². The van der Waals surface area contributed by atoms with Gasteiger partial charge in [0.05, 0.1) is 27.2 Å². The van der Waals surface area contributed by atoms with Gasteiger partial charge in [0.2, 0.25) is 0 Å². The van der Waals surface area contributed by atoms with Gasteiger partial charge in [-0.2, -0.15) is 0 Å². The van der Waals surface area contributed by atoms with Crippen molar-refractivity contribution in [3.63, 3.8) is 0 Å². The number of quaternary nitrogens is 2. The number of unbranched alkanes of at least 4 members (excludes halogenated alkanes) is 7. The molecule has 0 spiro atoms. The highest BCUT2D eigenvalue weighted by molar-refractivity contribution is 5.79. The molecular formula is C17H39N3O2+2. The number of carbonyl (C=O) groups excluding carboxylic acids is 1. The second-order valence-electron chi connectivity index (χ2n) is 6.73. The Balaban J connectivity index is 3.60. The fraction of sp³-hybridized carbons (Fsp3) is 0.941. The highest BCUT2D eigenvalue weighted by atomic mass is 16.5. The molecule has 0 saturated heterocycles. The summed E-state index contributed by atoms with van der Waals surface area (Å²) >= 11 is 0. The number of nitrogens with zero attached hydrogens (tertiary/aromatic N) is 1. The van der Waals surface area contributed by atoms with Crippen LogP contribution in [0.4, 0.5) is 0 Å². The van der Waals surface area contributed by atoms with Crippen LogP contribution in [0.2, 0.25) is 0 Å². The van der Waals surface area contributed by atoms with Crippen LogP contribution >= 0.6 is 0 Å². The number of amides is 1. The largest absolute Gasteiger partial charge is 0.347 e. The van der Waals surface area contributed by atoms with E-state index in [9.17, 15) is 10.0 Å². The monoisotopic (exact) mass is 317 g/mol. The summed E-state index contributed by atoms with van der Waals surface area (Å²) in [4.78, 5) is 13.3. The van der Waals surface area contributed by atoms with Gasteiger partial charge in [-0.3, -0.25) is 10.0 Å². The second kappa shape index (κ2) is 14.0. The molecule has 0 aromatic carbocycles. The number of carbonyl (C=O) groups is 1. The Kier molecular flexibility index (Phi) is 13.6. The van der Waals surface area contributed by atoms with Crippen LogP contribution in [0.25, 0.3) is 0 Å². The van der Waals surface area contributed by atoms with Crippen molar-refractivity contribution >= 4 is 5.91 Å². The van der Waals surface area contributed by atoms with Crippen LogP contribution in [0.1, 0.15) is 71.1 Å². The quantitative estimate of drug-likeness (QED) is 0.253. The third-order valence-electron chi connectivity index (χ3n) is 4.06. The first-order valence-electron chi connectivity index (χ1n) is 9.11. The van der Waals surface area contributed by atoms with E-state index < -0.39 is 0 Å². The third-order valence-corrected chi connectivity index (χ3v) is 4.06. The van der Waals surface area contributed by atoms with Crippen LogP contribution in [0.5, 0.6) is 0 Å². The summed E-state index contributed by atoms with van der Waals surface area (Å²) < 4.78 is 0. The average molecular weight is 318 g/mol. The topological polar surface area (TPSA) is 72.6 Å². The molecule has 0 radical (unpaired) electrons. The Labute approximate surface area is 136 Å². The van der Waals surface area contributed by atoms with Crippen molar-refractivity contribution in [3.05, 3.63) is 0 Å². The minimum absolute atomic E-state index is 0.225. The summed E-state index contributed by atoms with van der Waals surface area (Å²) in [5.41, 5.74) is 3.90. The number of hydroxylamine groups is 2. The maximum atomic E-state index is 12.0. The molecule has 0 fully saturated rings. The van der Waals surface area contributed by atoms with Crippen molar-refractivity contribution in [2.75, 3.05) is 27.2 Å². The molecule has 0 aliphatic carbocycles. The molecular weight excluding hydrogens is 278 g/mol. The van der Waals surface area contributed by atoms with Crippen molar-refractivity contribution in [2.24, 2.45) is 0 Å². The first-order chi connectivity index (χ1) is 10.5. The van der Waals surface area contributed by atoms with Crippen LogP contribution in [0.15, 0.2) is 0 Å². The highest BCUT2D eigenvalue weighted by Gasteiger charge is 2.22. The molecule has 1 atom stereocenters. The zero-order valence-corrected chi connectivity index (χ0v) is 15.1. The number of hydrogen-bond acceptors (Lipinski definition) is 2. The van der Waals surface area contributed by atoms with E-state index in [1.54, 1.807) is 0 Å². The van der Waals surface area contributed by atoms with E-state index in [1.165, 1.54) is 49.8 Å². The predicted molar refractivity (Wildman–Crippen MR) is 89.7 cm³/mol. The van der Waals surface area contributed by atoms with Gasteiger partial charge in [0.25, 0.3) is 0 Å². The molecule has 0 saturated carbocycles. The molecule has 0 aromatic rings. The SMILES string of the molecule is CCCCCCCCCCC([NH3+])C(=O)N(O)CCC[NH+](C)C. The molecule has 0 aliphatic rings. The predicted octanol–water partition coefficient (Wildman–Crippen LogP) is 0.880. The Bertz CT molecular complexity index is 273. The van der Waals surface area contributed by atoms with Gasteiger partial charge in [-0.25, -0.2) is 5.06 Å². The van der Waals surface area contributed by atoms with Crippen LogP contribution in [0.3, 0.4) is 0 Å². The maximum absolute atomic E-state index is 12.0. The van der Waals surface area contributed by atoms with E-state index in [1.807, 2.05) is 0 Å². The van der Waals surface area contributed by atoms with Crippen molar-refractivity contribution in [1.82, 2.24) is 5.06 Å². The fourth-order valence-electron chi connectivity index (χ4n) is 2.55. The van der Waals surface area contributed by atoms with Gasteiger partial charge >= 0.3 is 5.91 Å². The van der Waals surface area contributed by atoms with Crippen molar-refractivity contribution < 1.29 is 20.6 Å². The molecule has 0 bridgehead atoms. The Morgan fingerprint density at radius 3 is 2.14 bits per heavy atom. The molecule has 5 heteroatoms. The summed E-state index contributed by atoms with van der Waals surface area (Å²) in [5.74, 6) is -0.225. The van der Waals surface area contributed by atoms with Gasteiger partial charge in [-0.05, 0) is 6.42 Å². The van der Waals surface area contributed by atoms with E-state index in [4.69, 9.17) is 0 Å². The Hall–Kier alpha value is -0.650. The lowest BCUT2D eigenvalue weighted by Crippen LogP contribution is -3.05. The Morgan fingerprint density at radius 1 is 1.05 bits per heavy atom. The van der Waals surface area contributed by atoms with Crippen LogP contribution < -0.4 is 10.6 Å². The summed E-state index contributed by atoms with van der Waals surface area (Å²) in [7, 11) is 4.13. The van der Waals surface area contributed by atoms with E-state index in [0.29, 0.717) is 6.54 Å². The number of rotatable bonds is 14. The number of hydrogen-bond donors (Lipinski definition) is 3. The first kappa shape index (κ1) is 21.4. The molecule has 5 N–H and O–H groups in total.